The Hall–Kier alpha value is -3.15. The van der Waals surface area contributed by atoms with E-state index in [0.29, 0.717) is 12.1 Å². The van der Waals surface area contributed by atoms with Crippen LogP contribution < -0.4 is 11.2 Å². The molecule has 28 heavy (non-hydrogen) atoms. The fourth-order valence-corrected chi connectivity index (χ4v) is 3.05. The molecule has 2 atom stereocenters. The van der Waals surface area contributed by atoms with E-state index in [1.807, 2.05) is 0 Å². The van der Waals surface area contributed by atoms with Crippen LogP contribution in [0.2, 0.25) is 0 Å². The van der Waals surface area contributed by atoms with Gasteiger partial charge >= 0.3 is 5.69 Å². The van der Waals surface area contributed by atoms with Crippen molar-refractivity contribution >= 4 is 0 Å². The summed E-state index contributed by atoms with van der Waals surface area (Å²) in [5.41, 5.74) is -0.304. The van der Waals surface area contributed by atoms with Crippen molar-refractivity contribution in [3.63, 3.8) is 0 Å². The average Bonchev–Trinajstić information content (AvgIpc) is 3.29. The summed E-state index contributed by atoms with van der Waals surface area (Å²) >= 11 is 0. The lowest BCUT2D eigenvalue weighted by atomic mass is 10.2. The SMILES string of the molecule is CN1OC(n2cc(-c3cn(-c4ccc(F)cc4)nn3)c(=O)[nH]c2=O)CC1CO. The molecule has 0 aliphatic carbocycles. The molecule has 11 heteroatoms. The van der Waals surface area contributed by atoms with E-state index in [1.165, 1.54) is 51.0 Å². The lowest BCUT2D eigenvalue weighted by Crippen LogP contribution is -2.33. The van der Waals surface area contributed by atoms with Gasteiger partial charge in [-0.25, -0.2) is 13.9 Å². The van der Waals surface area contributed by atoms with Gasteiger partial charge in [0.05, 0.1) is 30.1 Å². The molecule has 1 aliphatic heterocycles. The highest BCUT2D eigenvalue weighted by Crippen LogP contribution is 2.26. The van der Waals surface area contributed by atoms with Gasteiger partial charge < -0.3 is 5.11 Å². The number of halogens is 1. The molecule has 0 spiro atoms. The van der Waals surface area contributed by atoms with Gasteiger partial charge in [0.15, 0.2) is 6.23 Å². The molecule has 146 valence electrons. The Labute approximate surface area is 157 Å². The van der Waals surface area contributed by atoms with Gasteiger partial charge in [0, 0.05) is 19.7 Å². The second-order valence-electron chi connectivity index (χ2n) is 6.41. The maximum Gasteiger partial charge on any atom is 0.330 e. The standard InChI is InChI=1S/C17H17FN6O4/c1-22-12(9-25)6-15(28-22)23-7-13(16(26)19-17(23)27)14-8-24(21-20-14)11-4-2-10(18)3-5-11/h2-5,7-8,12,15,25H,6,9H2,1H3,(H,19,26,27). The number of aromatic nitrogens is 5. The van der Waals surface area contributed by atoms with E-state index >= 15 is 0 Å². The normalized spacial score (nSPS) is 20.0. The van der Waals surface area contributed by atoms with Gasteiger partial charge in [-0.05, 0) is 24.3 Å². The van der Waals surface area contributed by atoms with Crippen LogP contribution in [0.3, 0.4) is 0 Å². The van der Waals surface area contributed by atoms with E-state index in [0.717, 1.165) is 0 Å². The predicted molar refractivity (Wildman–Crippen MR) is 95.0 cm³/mol. The van der Waals surface area contributed by atoms with E-state index in [1.54, 1.807) is 7.05 Å². The van der Waals surface area contributed by atoms with Gasteiger partial charge in [0.1, 0.15) is 11.5 Å². The molecule has 1 aromatic carbocycles. The number of aromatic amines is 1. The molecule has 2 aromatic heterocycles. The number of aliphatic hydroxyl groups excluding tert-OH is 1. The molecule has 0 radical (unpaired) electrons. The number of rotatable bonds is 4. The van der Waals surface area contributed by atoms with E-state index in [9.17, 15) is 19.1 Å². The Morgan fingerprint density at radius 3 is 2.71 bits per heavy atom. The Morgan fingerprint density at radius 2 is 2.04 bits per heavy atom. The van der Waals surface area contributed by atoms with Crippen LogP contribution in [-0.4, -0.2) is 54.4 Å². The third-order valence-corrected chi connectivity index (χ3v) is 4.63. The lowest BCUT2D eigenvalue weighted by molar-refractivity contribution is -0.170. The summed E-state index contributed by atoms with van der Waals surface area (Å²) in [6, 6.07) is 5.36. The van der Waals surface area contributed by atoms with Crippen molar-refractivity contribution in [2.24, 2.45) is 0 Å². The van der Waals surface area contributed by atoms with Crippen LogP contribution in [0.5, 0.6) is 0 Å². The van der Waals surface area contributed by atoms with Crippen molar-refractivity contribution in [1.82, 2.24) is 29.6 Å². The number of nitrogens with one attached hydrogen (secondary N) is 1. The number of H-pyrrole nitrogens is 1. The van der Waals surface area contributed by atoms with Gasteiger partial charge in [-0.2, -0.15) is 5.06 Å². The molecule has 2 unspecified atom stereocenters. The molecule has 1 aliphatic rings. The van der Waals surface area contributed by atoms with Gasteiger partial charge in [-0.15, -0.1) is 5.10 Å². The molecule has 2 N–H and O–H groups in total. The van der Waals surface area contributed by atoms with Crippen LogP contribution in [0.4, 0.5) is 4.39 Å². The van der Waals surface area contributed by atoms with Gasteiger partial charge in [-0.3, -0.25) is 19.2 Å². The highest BCUT2D eigenvalue weighted by atomic mass is 19.1. The van der Waals surface area contributed by atoms with Gasteiger partial charge in [-0.1, -0.05) is 5.21 Å². The Kier molecular flexibility index (Phi) is 4.63. The fourth-order valence-electron chi connectivity index (χ4n) is 3.05. The van der Waals surface area contributed by atoms with Crippen LogP contribution in [0.1, 0.15) is 12.6 Å². The molecule has 0 bridgehead atoms. The van der Waals surface area contributed by atoms with E-state index in [4.69, 9.17) is 4.84 Å². The van der Waals surface area contributed by atoms with Crippen molar-refractivity contribution in [1.29, 1.82) is 0 Å². The van der Waals surface area contributed by atoms with Crippen molar-refractivity contribution < 1.29 is 14.3 Å². The zero-order valence-corrected chi connectivity index (χ0v) is 14.8. The fraction of sp³-hybridized carbons (Fsp3) is 0.294. The van der Waals surface area contributed by atoms with Crippen molar-refractivity contribution in [2.45, 2.75) is 18.7 Å². The molecule has 10 nitrogen and oxygen atoms in total. The molecule has 4 rings (SSSR count). The molecule has 3 heterocycles. The maximum atomic E-state index is 13.1. The van der Waals surface area contributed by atoms with Crippen LogP contribution in [0.25, 0.3) is 16.9 Å². The lowest BCUT2D eigenvalue weighted by Gasteiger charge is -2.15. The molecular weight excluding hydrogens is 371 g/mol. The predicted octanol–water partition coefficient (Wildman–Crippen LogP) is 0.0500. The summed E-state index contributed by atoms with van der Waals surface area (Å²) in [5.74, 6) is -0.379. The monoisotopic (exact) mass is 388 g/mol. The summed E-state index contributed by atoms with van der Waals surface area (Å²) in [7, 11) is 1.66. The third kappa shape index (κ3) is 3.26. The largest absolute Gasteiger partial charge is 0.395 e. The first kappa shape index (κ1) is 18.2. The molecular formula is C17H17FN6O4. The van der Waals surface area contributed by atoms with Crippen LogP contribution in [0, 0.1) is 5.82 Å². The third-order valence-electron chi connectivity index (χ3n) is 4.63. The minimum Gasteiger partial charge on any atom is -0.395 e. The molecule has 0 amide bonds. The number of hydrogen-bond acceptors (Lipinski definition) is 7. The smallest absolute Gasteiger partial charge is 0.330 e. The number of hydrogen-bond donors (Lipinski definition) is 2. The molecule has 1 saturated heterocycles. The summed E-state index contributed by atoms with van der Waals surface area (Å²) in [6.07, 6.45) is 2.57. The van der Waals surface area contributed by atoms with Crippen LogP contribution >= 0.6 is 0 Å². The quantitative estimate of drug-likeness (QED) is 0.648. The first-order valence-corrected chi connectivity index (χ1v) is 8.51. The number of hydroxylamine groups is 2. The van der Waals surface area contributed by atoms with Crippen molar-refractivity contribution in [3.05, 3.63) is 63.3 Å². The number of benzene rings is 1. The minimum absolute atomic E-state index is 0.121. The highest BCUT2D eigenvalue weighted by Gasteiger charge is 2.32. The zero-order valence-electron chi connectivity index (χ0n) is 14.8. The highest BCUT2D eigenvalue weighted by molar-refractivity contribution is 5.55. The first-order chi connectivity index (χ1) is 13.5. The Morgan fingerprint density at radius 1 is 1.29 bits per heavy atom. The second-order valence-corrected chi connectivity index (χ2v) is 6.41. The van der Waals surface area contributed by atoms with Crippen LogP contribution in [-0.2, 0) is 4.84 Å². The molecule has 1 fully saturated rings. The maximum absolute atomic E-state index is 13.1. The first-order valence-electron chi connectivity index (χ1n) is 8.51. The summed E-state index contributed by atoms with van der Waals surface area (Å²) in [4.78, 5) is 32.4. The second kappa shape index (κ2) is 7.11. The van der Waals surface area contributed by atoms with E-state index in [2.05, 4.69) is 15.3 Å². The average molecular weight is 388 g/mol. The van der Waals surface area contributed by atoms with Gasteiger partial charge in [0.25, 0.3) is 5.56 Å². The number of nitrogens with zero attached hydrogens (tertiary/aromatic N) is 5. The summed E-state index contributed by atoms with van der Waals surface area (Å²) in [6.45, 7) is -0.121. The van der Waals surface area contributed by atoms with Crippen molar-refractivity contribution in [3.8, 4) is 16.9 Å². The number of aliphatic hydroxyl groups is 1. The summed E-state index contributed by atoms with van der Waals surface area (Å²) in [5, 5.41) is 18.8. The molecule has 3 aromatic rings. The molecule has 0 saturated carbocycles. The van der Waals surface area contributed by atoms with E-state index < -0.39 is 17.5 Å². The van der Waals surface area contributed by atoms with Crippen LogP contribution in [0.15, 0.2) is 46.2 Å². The zero-order chi connectivity index (χ0) is 19.8. The Balaban J connectivity index is 1.70. The topological polar surface area (TPSA) is 118 Å². The number of likely N-dealkylation sites (N-methyl/N-ethyl adjacent to an activating group) is 1. The Bertz CT molecular complexity index is 1110. The minimum atomic E-state index is -0.669. The van der Waals surface area contributed by atoms with E-state index in [-0.39, 0.29) is 29.7 Å². The summed E-state index contributed by atoms with van der Waals surface area (Å²) < 4.78 is 15.7. The van der Waals surface area contributed by atoms with Gasteiger partial charge in [0.2, 0.25) is 0 Å². The van der Waals surface area contributed by atoms with Crippen molar-refractivity contribution in [2.75, 3.05) is 13.7 Å².